The predicted molar refractivity (Wildman–Crippen MR) is 88.5 cm³/mol. The molecular weight excluding hydrogens is 260 g/mol. The van der Waals surface area contributed by atoms with Crippen molar-refractivity contribution < 1.29 is 4.74 Å². The monoisotopic (exact) mass is 290 g/mol. The molecule has 0 spiro atoms. The Morgan fingerprint density at radius 1 is 1.29 bits per heavy atom. The Labute approximate surface area is 129 Å². The van der Waals surface area contributed by atoms with E-state index in [0.717, 1.165) is 39.2 Å². The van der Waals surface area contributed by atoms with Crippen LogP contribution in [0.2, 0.25) is 0 Å². The molecule has 1 aliphatic rings. The van der Waals surface area contributed by atoms with Crippen LogP contribution in [0.15, 0.2) is 30.3 Å². The molecule has 3 heteroatoms. The molecule has 0 amide bonds. The van der Waals surface area contributed by atoms with Crippen molar-refractivity contribution in [3.63, 3.8) is 0 Å². The highest BCUT2D eigenvalue weighted by Crippen LogP contribution is 2.28. The first-order valence-corrected chi connectivity index (χ1v) is 7.97. The maximum atomic E-state index is 5.25. The molecule has 1 aromatic rings. The summed E-state index contributed by atoms with van der Waals surface area (Å²) in [5.74, 6) is 0. The third-order valence-corrected chi connectivity index (χ3v) is 4.53. The second-order valence-corrected chi connectivity index (χ2v) is 7.24. The van der Waals surface area contributed by atoms with Gasteiger partial charge in [-0.25, -0.2) is 0 Å². The van der Waals surface area contributed by atoms with E-state index >= 15 is 0 Å². The molecule has 1 aliphatic heterocycles. The molecule has 1 atom stereocenters. The molecule has 1 aromatic carbocycles. The van der Waals surface area contributed by atoms with Crippen LogP contribution >= 0.6 is 0 Å². The first-order chi connectivity index (χ1) is 9.95. The first kappa shape index (κ1) is 16.5. The van der Waals surface area contributed by atoms with E-state index in [4.69, 9.17) is 4.74 Å². The normalized spacial score (nSPS) is 24.2. The largest absolute Gasteiger partial charge is 0.385 e. The summed E-state index contributed by atoms with van der Waals surface area (Å²) in [4.78, 5) is 2.60. The molecule has 118 valence electrons. The van der Waals surface area contributed by atoms with Crippen molar-refractivity contribution in [1.29, 1.82) is 0 Å². The number of ether oxygens (including phenoxy) is 1. The van der Waals surface area contributed by atoms with Gasteiger partial charge < -0.3 is 10.1 Å². The zero-order valence-corrected chi connectivity index (χ0v) is 14.0. The molecule has 3 nitrogen and oxygen atoms in total. The van der Waals surface area contributed by atoms with E-state index in [9.17, 15) is 0 Å². The van der Waals surface area contributed by atoms with Gasteiger partial charge in [0.25, 0.3) is 0 Å². The fourth-order valence-electron chi connectivity index (χ4n) is 3.27. The zero-order chi connectivity index (χ0) is 15.3. The Morgan fingerprint density at radius 3 is 2.67 bits per heavy atom. The Morgan fingerprint density at radius 2 is 2.00 bits per heavy atom. The van der Waals surface area contributed by atoms with E-state index in [-0.39, 0.29) is 5.54 Å². The standard InChI is InChI=1S/C18H30N2O/c1-17(2,10-13-21-4)14-20-12-11-19-18(3,15-20)16-8-6-5-7-9-16/h5-9,19H,10-15H2,1-4H3. The second-order valence-electron chi connectivity index (χ2n) is 7.24. The average molecular weight is 290 g/mol. The Kier molecular flexibility index (Phi) is 5.42. The average Bonchev–Trinajstić information content (AvgIpc) is 2.46. The molecule has 0 saturated carbocycles. The lowest BCUT2D eigenvalue weighted by Crippen LogP contribution is -2.58. The molecule has 1 N–H and O–H groups in total. The number of benzene rings is 1. The Balaban J connectivity index is 2.01. The van der Waals surface area contributed by atoms with E-state index in [1.165, 1.54) is 5.56 Å². The summed E-state index contributed by atoms with van der Waals surface area (Å²) in [5.41, 5.74) is 1.73. The van der Waals surface area contributed by atoms with E-state index in [1.807, 2.05) is 0 Å². The van der Waals surface area contributed by atoms with Crippen molar-refractivity contribution in [2.24, 2.45) is 5.41 Å². The molecule has 0 aliphatic carbocycles. The van der Waals surface area contributed by atoms with Crippen LogP contribution in [0.4, 0.5) is 0 Å². The van der Waals surface area contributed by atoms with Gasteiger partial charge in [0.1, 0.15) is 0 Å². The van der Waals surface area contributed by atoms with Crippen LogP contribution in [0.1, 0.15) is 32.8 Å². The molecule has 1 fully saturated rings. The van der Waals surface area contributed by atoms with Crippen LogP contribution in [-0.4, -0.2) is 44.8 Å². The Bertz CT molecular complexity index is 432. The molecule has 0 radical (unpaired) electrons. The first-order valence-electron chi connectivity index (χ1n) is 7.97. The topological polar surface area (TPSA) is 24.5 Å². The lowest BCUT2D eigenvalue weighted by Gasteiger charge is -2.44. The summed E-state index contributed by atoms with van der Waals surface area (Å²) in [6.45, 7) is 12.2. The van der Waals surface area contributed by atoms with Crippen molar-refractivity contribution in [2.75, 3.05) is 39.9 Å². The maximum absolute atomic E-state index is 5.25. The summed E-state index contributed by atoms with van der Waals surface area (Å²) in [6, 6.07) is 10.8. The number of methoxy groups -OCH3 is 1. The van der Waals surface area contributed by atoms with Gasteiger partial charge in [0.05, 0.1) is 5.54 Å². The summed E-state index contributed by atoms with van der Waals surface area (Å²) >= 11 is 0. The lowest BCUT2D eigenvalue weighted by molar-refractivity contribution is 0.0781. The van der Waals surface area contributed by atoms with Crippen LogP contribution in [0.3, 0.4) is 0 Å². The molecule has 0 bridgehead atoms. The fourth-order valence-corrected chi connectivity index (χ4v) is 3.27. The number of nitrogens with zero attached hydrogens (tertiary/aromatic N) is 1. The minimum absolute atomic E-state index is 0.0524. The van der Waals surface area contributed by atoms with Crippen molar-refractivity contribution in [1.82, 2.24) is 10.2 Å². The molecule has 1 saturated heterocycles. The SMILES string of the molecule is COCCC(C)(C)CN1CCNC(C)(c2ccccc2)C1. The fraction of sp³-hybridized carbons (Fsp3) is 0.667. The van der Waals surface area contributed by atoms with Crippen molar-refractivity contribution in [3.05, 3.63) is 35.9 Å². The van der Waals surface area contributed by atoms with Crippen molar-refractivity contribution in [2.45, 2.75) is 32.7 Å². The van der Waals surface area contributed by atoms with Crippen molar-refractivity contribution >= 4 is 0 Å². The van der Waals surface area contributed by atoms with Gasteiger partial charge in [-0.2, -0.15) is 0 Å². The highest BCUT2D eigenvalue weighted by molar-refractivity contribution is 5.24. The second kappa shape index (κ2) is 6.91. The molecule has 1 unspecified atom stereocenters. The van der Waals surface area contributed by atoms with Gasteiger partial charge in [-0.15, -0.1) is 0 Å². The van der Waals surface area contributed by atoms with E-state index in [0.29, 0.717) is 5.41 Å². The Hall–Kier alpha value is -0.900. The number of nitrogens with one attached hydrogen (secondary N) is 1. The molecular formula is C18H30N2O. The summed E-state index contributed by atoms with van der Waals surface area (Å²) in [7, 11) is 1.79. The lowest BCUT2D eigenvalue weighted by atomic mass is 9.86. The number of hydrogen-bond donors (Lipinski definition) is 1. The van der Waals surface area contributed by atoms with Crippen LogP contribution < -0.4 is 5.32 Å². The predicted octanol–water partition coefficient (Wildman–Crippen LogP) is 2.87. The minimum atomic E-state index is 0.0524. The van der Waals surface area contributed by atoms with Crippen molar-refractivity contribution in [3.8, 4) is 0 Å². The van der Waals surface area contributed by atoms with Gasteiger partial charge in [-0.3, -0.25) is 4.90 Å². The maximum Gasteiger partial charge on any atom is 0.0535 e. The van der Waals surface area contributed by atoms with Gasteiger partial charge in [-0.1, -0.05) is 44.2 Å². The van der Waals surface area contributed by atoms with Gasteiger partial charge in [-0.05, 0) is 24.3 Å². The van der Waals surface area contributed by atoms with Crippen LogP contribution in [0.5, 0.6) is 0 Å². The molecule has 21 heavy (non-hydrogen) atoms. The number of rotatable bonds is 6. The smallest absolute Gasteiger partial charge is 0.0535 e. The van der Waals surface area contributed by atoms with E-state index < -0.39 is 0 Å². The summed E-state index contributed by atoms with van der Waals surface area (Å²) in [5, 5.41) is 3.70. The van der Waals surface area contributed by atoms with Gasteiger partial charge >= 0.3 is 0 Å². The molecule has 0 aromatic heterocycles. The van der Waals surface area contributed by atoms with Gasteiger partial charge in [0.15, 0.2) is 0 Å². The number of piperazine rings is 1. The molecule has 2 rings (SSSR count). The molecule has 1 heterocycles. The van der Waals surface area contributed by atoms with Gasteiger partial charge in [0.2, 0.25) is 0 Å². The minimum Gasteiger partial charge on any atom is -0.385 e. The third-order valence-electron chi connectivity index (χ3n) is 4.53. The highest BCUT2D eigenvalue weighted by Gasteiger charge is 2.34. The zero-order valence-electron chi connectivity index (χ0n) is 14.0. The highest BCUT2D eigenvalue weighted by atomic mass is 16.5. The van der Waals surface area contributed by atoms with Crippen LogP contribution in [0, 0.1) is 5.41 Å². The van der Waals surface area contributed by atoms with E-state index in [2.05, 4.69) is 61.3 Å². The summed E-state index contributed by atoms with van der Waals surface area (Å²) in [6.07, 6.45) is 1.11. The summed E-state index contributed by atoms with van der Waals surface area (Å²) < 4.78 is 5.25. The van der Waals surface area contributed by atoms with Gasteiger partial charge in [0, 0.05) is 39.9 Å². The van der Waals surface area contributed by atoms with Crippen LogP contribution in [-0.2, 0) is 10.3 Å². The van der Waals surface area contributed by atoms with E-state index in [1.54, 1.807) is 7.11 Å². The number of hydrogen-bond acceptors (Lipinski definition) is 3. The third kappa shape index (κ3) is 4.53. The quantitative estimate of drug-likeness (QED) is 0.872. The van der Waals surface area contributed by atoms with Crippen LogP contribution in [0.25, 0.3) is 0 Å².